The van der Waals surface area contributed by atoms with Crippen LogP contribution in [0.4, 0.5) is 11.5 Å². The van der Waals surface area contributed by atoms with Crippen molar-refractivity contribution in [2.45, 2.75) is 6.92 Å². The molecule has 0 bridgehead atoms. The van der Waals surface area contributed by atoms with Crippen molar-refractivity contribution in [1.82, 2.24) is 20.1 Å². The molecule has 0 unspecified atom stereocenters. The van der Waals surface area contributed by atoms with E-state index < -0.39 is 0 Å². The number of carbonyl (C=O) groups excluding carboxylic acids is 1. The summed E-state index contributed by atoms with van der Waals surface area (Å²) in [5, 5.41) is 9.26. The molecule has 150 valence electrons. The SMILES string of the molecule is Cc1nc(-c2ccccc2)sc1C(=O)N1CCN(c2cc(N(C)C)cnn2)CC1. The normalized spacial score (nSPS) is 14.2. The largest absolute Gasteiger partial charge is 0.376 e. The van der Waals surface area contributed by atoms with Gasteiger partial charge in [-0.15, -0.1) is 16.4 Å². The molecule has 1 saturated heterocycles. The molecule has 2 aromatic heterocycles. The van der Waals surface area contributed by atoms with Crippen LogP contribution in [0.25, 0.3) is 10.6 Å². The van der Waals surface area contributed by atoms with E-state index in [-0.39, 0.29) is 5.91 Å². The zero-order valence-electron chi connectivity index (χ0n) is 16.9. The summed E-state index contributed by atoms with van der Waals surface area (Å²) in [4.78, 5) is 24.5. The second-order valence-electron chi connectivity index (χ2n) is 7.25. The fourth-order valence-corrected chi connectivity index (χ4v) is 4.37. The summed E-state index contributed by atoms with van der Waals surface area (Å²) in [6.45, 7) is 4.70. The molecule has 1 amide bonds. The van der Waals surface area contributed by atoms with Crippen LogP contribution in [0, 0.1) is 6.92 Å². The number of benzene rings is 1. The van der Waals surface area contributed by atoms with Gasteiger partial charge in [0.2, 0.25) is 0 Å². The van der Waals surface area contributed by atoms with E-state index in [9.17, 15) is 4.79 Å². The van der Waals surface area contributed by atoms with Gasteiger partial charge in [0.05, 0.1) is 17.6 Å². The van der Waals surface area contributed by atoms with E-state index in [1.807, 2.05) is 67.2 Å². The van der Waals surface area contributed by atoms with Gasteiger partial charge in [0.25, 0.3) is 5.91 Å². The van der Waals surface area contributed by atoms with Gasteiger partial charge < -0.3 is 14.7 Å². The van der Waals surface area contributed by atoms with Gasteiger partial charge in [0.15, 0.2) is 5.82 Å². The van der Waals surface area contributed by atoms with Crippen molar-refractivity contribution < 1.29 is 4.79 Å². The summed E-state index contributed by atoms with van der Waals surface area (Å²) >= 11 is 1.47. The highest BCUT2D eigenvalue weighted by molar-refractivity contribution is 7.17. The van der Waals surface area contributed by atoms with Crippen molar-refractivity contribution in [3.63, 3.8) is 0 Å². The minimum Gasteiger partial charge on any atom is -0.376 e. The Kier molecular flexibility index (Phi) is 5.44. The van der Waals surface area contributed by atoms with Gasteiger partial charge >= 0.3 is 0 Å². The summed E-state index contributed by atoms with van der Waals surface area (Å²) < 4.78 is 0. The Morgan fingerprint density at radius 3 is 2.52 bits per heavy atom. The van der Waals surface area contributed by atoms with E-state index in [0.717, 1.165) is 45.7 Å². The first-order chi connectivity index (χ1) is 14.0. The average molecular weight is 409 g/mol. The summed E-state index contributed by atoms with van der Waals surface area (Å²) in [5.41, 5.74) is 2.86. The Bertz CT molecular complexity index is 995. The number of nitrogens with zero attached hydrogens (tertiary/aromatic N) is 6. The molecule has 3 heterocycles. The Labute approximate surface area is 174 Å². The predicted octanol–water partition coefficient (Wildman–Crippen LogP) is 2.94. The van der Waals surface area contributed by atoms with Crippen LogP contribution >= 0.6 is 11.3 Å². The van der Waals surface area contributed by atoms with E-state index in [1.165, 1.54) is 11.3 Å². The standard InChI is InChI=1S/C21H24N6OS/c1-15-19(29-20(23-15)16-7-5-4-6-8-16)21(28)27-11-9-26(10-12-27)18-13-17(25(2)3)14-22-24-18/h4-8,13-14H,9-12H2,1-3H3. The molecule has 0 radical (unpaired) electrons. The second kappa shape index (κ2) is 8.16. The number of aromatic nitrogens is 3. The first kappa shape index (κ1) is 19.3. The summed E-state index contributed by atoms with van der Waals surface area (Å²) in [6.07, 6.45) is 1.75. The number of rotatable bonds is 4. The summed E-state index contributed by atoms with van der Waals surface area (Å²) in [7, 11) is 3.97. The van der Waals surface area contributed by atoms with Gasteiger partial charge in [0.1, 0.15) is 9.88 Å². The zero-order chi connectivity index (χ0) is 20.4. The molecule has 0 spiro atoms. The molecule has 3 aromatic rings. The lowest BCUT2D eigenvalue weighted by Crippen LogP contribution is -2.49. The van der Waals surface area contributed by atoms with E-state index >= 15 is 0 Å². The Morgan fingerprint density at radius 2 is 1.83 bits per heavy atom. The summed E-state index contributed by atoms with van der Waals surface area (Å²) in [6, 6.07) is 12.0. The highest BCUT2D eigenvalue weighted by Crippen LogP contribution is 2.29. The lowest BCUT2D eigenvalue weighted by molar-refractivity contribution is 0.0750. The third kappa shape index (κ3) is 4.07. The molecule has 1 aliphatic rings. The number of aryl methyl sites for hydroxylation is 1. The van der Waals surface area contributed by atoms with Crippen LogP contribution in [0.3, 0.4) is 0 Å². The van der Waals surface area contributed by atoms with Gasteiger partial charge in [-0.2, -0.15) is 5.10 Å². The maximum absolute atomic E-state index is 13.1. The van der Waals surface area contributed by atoms with E-state index in [4.69, 9.17) is 0 Å². The molecule has 4 rings (SSSR count). The number of anilines is 2. The van der Waals surface area contributed by atoms with Crippen molar-refractivity contribution in [3.05, 3.63) is 53.2 Å². The molecule has 0 saturated carbocycles. The number of thiazole rings is 1. The monoisotopic (exact) mass is 408 g/mol. The topological polar surface area (TPSA) is 65.5 Å². The minimum absolute atomic E-state index is 0.0648. The van der Waals surface area contributed by atoms with Crippen molar-refractivity contribution in [1.29, 1.82) is 0 Å². The van der Waals surface area contributed by atoms with Crippen LogP contribution < -0.4 is 9.80 Å². The fourth-order valence-electron chi connectivity index (χ4n) is 3.33. The molecular formula is C21H24N6OS. The van der Waals surface area contributed by atoms with Crippen LogP contribution in [0.1, 0.15) is 15.4 Å². The smallest absolute Gasteiger partial charge is 0.265 e. The Hall–Kier alpha value is -3.00. The third-order valence-electron chi connectivity index (χ3n) is 5.05. The summed E-state index contributed by atoms with van der Waals surface area (Å²) in [5.74, 6) is 0.915. The predicted molar refractivity (Wildman–Crippen MR) is 117 cm³/mol. The van der Waals surface area contributed by atoms with Gasteiger partial charge in [-0.25, -0.2) is 4.98 Å². The van der Waals surface area contributed by atoms with E-state index in [0.29, 0.717) is 13.1 Å². The first-order valence-corrected chi connectivity index (χ1v) is 10.4. The van der Waals surface area contributed by atoms with Crippen molar-refractivity contribution in [2.75, 3.05) is 50.1 Å². The van der Waals surface area contributed by atoms with Gasteiger partial charge in [-0.3, -0.25) is 4.79 Å². The number of piperazine rings is 1. The molecule has 1 fully saturated rings. The molecule has 1 aromatic carbocycles. The van der Waals surface area contributed by atoms with Crippen LogP contribution in [0.15, 0.2) is 42.6 Å². The Balaban J connectivity index is 1.45. The van der Waals surface area contributed by atoms with Gasteiger partial charge in [0, 0.05) is 51.9 Å². The van der Waals surface area contributed by atoms with Gasteiger partial charge in [-0.05, 0) is 6.92 Å². The molecular weight excluding hydrogens is 384 g/mol. The minimum atomic E-state index is 0.0648. The van der Waals surface area contributed by atoms with Crippen LogP contribution in [-0.4, -0.2) is 66.3 Å². The average Bonchev–Trinajstić information content (AvgIpc) is 3.15. The number of hydrogen-bond donors (Lipinski definition) is 0. The fraction of sp³-hybridized carbons (Fsp3) is 0.333. The third-order valence-corrected chi connectivity index (χ3v) is 6.24. The number of hydrogen-bond acceptors (Lipinski definition) is 7. The first-order valence-electron chi connectivity index (χ1n) is 9.60. The van der Waals surface area contributed by atoms with Gasteiger partial charge in [-0.1, -0.05) is 30.3 Å². The quantitative estimate of drug-likeness (QED) is 0.661. The molecule has 1 aliphatic heterocycles. The lowest BCUT2D eigenvalue weighted by atomic mass is 10.2. The number of carbonyl (C=O) groups is 1. The highest BCUT2D eigenvalue weighted by atomic mass is 32.1. The van der Waals surface area contributed by atoms with Crippen molar-refractivity contribution >= 4 is 28.7 Å². The molecule has 29 heavy (non-hydrogen) atoms. The maximum atomic E-state index is 13.1. The van der Waals surface area contributed by atoms with Crippen LogP contribution in [-0.2, 0) is 0 Å². The lowest BCUT2D eigenvalue weighted by Gasteiger charge is -2.35. The second-order valence-corrected chi connectivity index (χ2v) is 8.24. The molecule has 0 aliphatic carbocycles. The van der Waals surface area contributed by atoms with E-state index in [2.05, 4.69) is 20.1 Å². The number of amides is 1. The molecule has 0 N–H and O–H groups in total. The Morgan fingerprint density at radius 1 is 1.10 bits per heavy atom. The highest BCUT2D eigenvalue weighted by Gasteiger charge is 2.26. The van der Waals surface area contributed by atoms with E-state index in [1.54, 1.807) is 6.20 Å². The van der Waals surface area contributed by atoms with Crippen LogP contribution in [0.5, 0.6) is 0 Å². The maximum Gasteiger partial charge on any atom is 0.265 e. The molecule has 8 heteroatoms. The molecule has 7 nitrogen and oxygen atoms in total. The zero-order valence-corrected chi connectivity index (χ0v) is 17.7. The molecule has 0 atom stereocenters. The van der Waals surface area contributed by atoms with Crippen LogP contribution in [0.2, 0.25) is 0 Å². The van der Waals surface area contributed by atoms with Crippen molar-refractivity contribution in [3.8, 4) is 10.6 Å². The van der Waals surface area contributed by atoms with Crippen molar-refractivity contribution in [2.24, 2.45) is 0 Å².